The minimum absolute atomic E-state index is 0.0957. The Labute approximate surface area is 133 Å². The van der Waals surface area contributed by atoms with Gasteiger partial charge in [-0.15, -0.1) is 0 Å². The number of aromatic nitrogens is 2. The normalized spacial score (nSPS) is 12.6. The molecule has 0 spiro atoms. The number of carbonyl (C=O) groups is 1. The van der Waals surface area contributed by atoms with Crippen LogP contribution in [0.2, 0.25) is 0 Å². The van der Waals surface area contributed by atoms with Gasteiger partial charge in [0, 0.05) is 24.0 Å². The molecule has 2 aromatic rings. The number of nitrogens with zero attached hydrogens (tertiary/aromatic N) is 2. The van der Waals surface area contributed by atoms with Crippen LogP contribution in [0.3, 0.4) is 0 Å². The van der Waals surface area contributed by atoms with E-state index < -0.39 is 22.0 Å². The number of hydrogen-bond acceptors (Lipinski definition) is 6. The van der Waals surface area contributed by atoms with Crippen molar-refractivity contribution < 1.29 is 18.3 Å². The second-order valence-electron chi connectivity index (χ2n) is 4.96. The fourth-order valence-corrected chi connectivity index (χ4v) is 2.74. The minimum Gasteiger partial charge on any atom is -0.481 e. The Morgan fingerprint density at radius 2 is 1.83 bits per heavy atom. The largest absolute Gasteiger partial charge is 0.481 e. The van der Waals surface area contributed by atoms with Crippen LogP contribution in [-0.2, 0) is 14.8 Å². The number of nitrogens with two attached hydrogens (primary N) is 1. The van der Waals surface area contributed by atoms with Crippen LogP contribution in [0, 0.1) is 6.92 Å². The average Bonchev–Trinajstić information content (AvgIpc) is 2.47. The van der Waals surface area contributed by atoms with Gasteiger partial charge in [0.25, 0.3) is 10.0 Å². The first-order valence-corrected chi connectivity index (χ1v) is 8.15. The van der Waals surface area contributed by atoms with Gasteiger partial charge >= 0.3 is 5.97 Å². The molecule has 1 heterocycles. The summed E-state index contributed by atoms with van der Waals surface area (Å²) in [6.45, 7) is 1.85. The predicted octanol–water partition coefficient (Wildman–Crippen LogP) is 1.06. The molecule has 23 heavy (non-hydrogen) atoms. The number of benzene rings is 1. The van der Waals surface area contributed by atoms with Gasteiger partial charge in [-0.1, -0.05) is 17.7 Å². The number of aryl methyl sites for hydroxylation is 1. The van der Waals surface area contributed by atoms with Crippen LogP contribution < -0.4 is 10.5 Å². The lowest BCUT2D eigenvalue weighted by Crippen LogP contribution is -2.17. The Morgan fingerprint density at radius 1 is 1.26 bits per heavy atom. The fourth-order valence-electron chi connectivity index (χ4n) is 1.78. The Balaban J connectivity index is 2.14. The molecule has 0 fully saturated rings. The fraction of sp³-hybridized carbons (Fsp3) is 0.214. The van der Waals surface area contributed by atoms with Gasteiger partial charge in [-0.25, -0.2) is 23.1 Å². The topological polar surface area (TPSA) is 135 Å². The minimum atomic E-state index is -3.78. The van der Waals surface area contributed by atoms with E-state index in [1.165, 1.54) is 24.5 Å². The summed E-state index contributed by atoms with van der Waals surface area (Å²) >= 11 is 0. The highest BCUT2D eigenvalue weighted by atomic mass is 32.2. The third-order valence-electron chi connectivity index (χ3n) is 3.05. The molecule has 8 nitrogen and oxygen atoms in total. The third kappa shape index (κ3) is 4.47. The molecule has 2 rings (SSSR count). The van der Waals surface area contributed by atoms with Crippen molar-refractivity contribution in [1.29, 1.82) is 0 Å². The third-order valence-corrected chi connectivity index (χ3v) is 4.40. The molecule has 0 aliphatic carbocycles. The lowest BCUT2D eigenvalue weighted by Gasteiger charge is -2.10. The second kappa shape index (κ2) is 6.71. The van der Waals surface area contributed by atoms with E-state index in [2.05, 4.69) is 14.7 Å². The molecule has 0 saturated carbocycles. The molecule has 0 amide bonds. The van der Waals surface area contributed by atoms with Gasteiger partial charge < -0.3 is 10.8 Å². The first-order chi connectivity index (χ1) is 10.8. The van der Waals surface area contributed by atoms with E-state index >= 15 is 0 Å². The molecule has 0 unspecified atom stereocenters. The number of rotatable bonds is 6. The Morgan fingerprint density at radius 3 is 2.35 bits per heavy atom. The van der Waals surface area contributed by atoms with Gasteiger partial charge in [0.1, 0.15) is 0 Å². The molecule has 1 aromatic heterocycles. The highest BCUT2D eigenvalue weighted by Gasteiger charge is 2.16. The SMILES string of the molecule is Cc1ccc(S(=O)(=O)Nc2ncc([C@@H](N)CC(=O)O)cn2)cc1. The van der Waals surface area contributed by atoms with Crippen LogP contribution in [0.1, 0.15) is 23.6 Å². The monoisotopic (exact) mass is 336 g/mol. The van der Waals surface area contributed by atoms with Crippen molar-refractivity contribution in [3.05, 3.63) is 47.8 Å². The van der Waals surface area contributed by atoms with Crippen molar-refractivity contribution >= 4 is 21.9 Å². The van der Waals surface area contributed by atoms with E-state index in [-0.39, 0.29) is 17.3 Å². The maximum atomic E-state index is 12.2. The van der Waals surface area contributed by atoms with Gasteiger partial charge in [-0.3, -0.25) is 4.79 Å². The van der Waals surface area contributed by atoms with Crippen LogP contribution in [0.5, 0.6) is 0 Å². The first-order valence-electron chi connectivity index (χ1n) is 6.67. The number of anilines is 1. The maximum absolute atomic E-state index is 12.2. The lowest BCUT2D eigenvalue weighted by molar-refractivity contribution is -0.137. The number of nitrogens with one attached hydrogen (secondary N) is 1. The Kier molecular flexibility index (Phi) is 4.92. The molecule has 122 valence electrons. The molecule has 1 atom stereocenters. The summed E-state index contributed by atoms with van der Waals surface area (Å²) < 4.78 is 26.6. The Hall–Kier alpha value is -2.52. The van der Waals surface area contributed by atoms with Crippen LogP contribution in [0.4, 0.5) is 5.95 Å². The highest BCUT2D eigenvalue weighted by molar-refractivity contribution is 7.92. The molecule has 0 bridgehead atoms. The summed E-state index contributed by atoms with van der Waals surface area (Å²) in [5.74, 6) is -1.15. The number of hydrogen-bond donors (Lipinski definition) is 3. The summed E-state index contributed by atoms with van der Waals surface area (Å²) in [5, 5.41) is 8.69. The van der Waals surface area contributed by atoms with Crippen LogP contribution in [0.25, 0.3) is 0 Å². The summed E-state index contributed by atoms with van der Waals surface area (Å²) in [7, 11) is -3.78. The molecule has 0 aliphatic heterocycles. The zero-order chi connectivity index (χ0) is 17.0. The van der Waals surface area contributed by atoms with E-state index in [1.807, 2.05) is 6.92 Å². The highest BCUT2D eigenvalue weighted by Crippen LogP contribution is 2.16. The lowest BCUT2D eigenvalue weighted by atomic mass is 10.1. The molecule has 1 aromatic carbocycles. The smallest absolute Gasteiger partial charge is 0.305 e. The number of aliphatic carboxylic acids is 1. The van der Waals surface area contributed by atoms with Gasteiger partial charge in [0.05, 0.1) is 11.3 Å². The van der Waals surface area contributed by atoms with E-state index in [9.17, 15) is 13.2 Å². The predicted molar refractivity (Wildman–Crippen MR) is 83.2 cm³/mol. The summed E-state index contributed by atoms with van der Waals surface area (Å²) in [6.07, 6.45) is 2.33. The van der Waals surface area contributed by atoms with Crippen LogP contribution in [-0.4, -0.2) is 29.5 Å². The van der Waals surface area contributed by atoms with Crippen molar-refractivity contribution in [3.63, 3.8) is 0 Å². The molecule has 0 aliphatic rings. The summed E-state index contributed by atoms with van der Waals surface area (Å²) in [5.41, 5.74) is 7.03. The second-order valence-corrected chi connectivity index (χ2v) is 6.65. The maximum Gasteiger partial charge on any atom is 0.305 e. The van der Waals surface area contributed by atoms with E-state index in [0.717, 1.165) is 5.56 Å². The molecule has 0 radical (unpaired) electrons. The quantitative estimate of drug-likeness (QED) is 0.717. The van der Waals surface area contributed by atoms with E-state index in [4.69, 9.17) is 10.8 Å². The van der Waals surface area contributed by atoms with Crippen LogP contribution >= 0.6 is 0 Å². The van der Waals surface area contributed by atoms with Crippen molar-refractivity contribution in [2.45, 2.75) is 24.3 Å². The number of sulfonamides is 1. The van der Waals surface area contributed by atoms with Crippen molar-refractivity contribution in [1.82, 2.24) is 9.97 Å². The summed E-state index contributed by atoms with van der Waals surface area (Å²) in [4.78, 5) is 18.4. The summed E-state index contributed by atoms with van der Waals surface area (Å²) in [6, 6.07) is 5.58. The molecular weight excluding hydrogens is 320 g/mol. The molecular formula is C14H16N4O4S. The number of carboxylic acids is 1. The average molecular weight is 336 g/mol. The Bertz CT molecular complexity index is 789. The standard InChI is InChI=1S/C14H16N4O4S/c1-9-2-4-11(5-3-9)23(21,22)18-14-16-7-10(8-17-14)12(15)6-13(19)20/h2-5,7-8,12H,6,15H2,1H3,(H,19,20)(H,16,17,18)/t12-/m0/s1. The van der Waals surface area contributed by atoms with E-state index in [1.54, 1.807) is 12.1 Å². The van der Waals surface area contributed by atoms with Gasteiger partial charge in [0.2, 0.25) is 5.95 Å². The molecule has 4 N–H and O–H groups in total. The molecule has 0 saturated heterocycles. The zero-order valence-corrected chi connectivity index (χ0v) is 13.1. The van der Waals surface area contributed by atoms with Crippen molar-refractivity contribution in [2.24, 2.45) is 5.73 Å². The first kappa shape index (κ1) is 16.8. The van der Waals surface area contributed by atoms with E-state index in [0.29, 0.717) is 5.56 Å². The zero-order valence-electron chi connectivity index (χ0n) is 12.3. The van der Waals surface area contributed by atoms with Crippen molar-refractivity contribution in [3.8, 4) is 0 Å². The number of carboxylic acid groups (broad SMARTS) is 1. The molecule has 9 heteroatoms. The van der Waals surface area contributed by atoms with Gasteiger partial charge in [0.15, 0.2) is 0 Å². The van der Waals surface area contributed by atoms with Crippen LogP contribution in [0.15, 0.2) is 41.6 Å². The van der Waals surface area contributed by atoms with Gasteiger partial charge in [-0.05, 0) is 19.1 Å². The van der Waals surface area contributed by atoms with Crippen molar-refractivity contribution in [2.75, 3.05) is 4.72 Å². The van der Waals surface area contributed by atoms with Gasteiger partial charge in [-0.2, -0.15) is 0 Å².